The van der Waals surface area contributed by atoms with E-state index in [2.05, 4.69) is 17.2 Å². The normalized spacial score (nSPS) is 16.4. The standard InChI is InChI=1S/C21H20FN3O/c1-24-12-17(11-23-24)20-14-25(13-16-4-2-3-5-19(16)20)21(26)10-15-6-8-18(22)9-7-15/h2-9,11-12,20H,10,13-14H2,1H3/t20-/m0/s1. The summed E-state index contributed by atoms with van der Waals surface area (Å²) in [7, 11) is 1.90. The SMILES string of the molecule is Cn1cc([C@@H]2CN(C(=O)Cc3ccc(F)cc3)Cc3ccccc32)cn1. The molecule has 0 aliphatic carbocycles. The lowest BCUT2D eigenvalue weighted by molar-refractivity contribution is -0.131. The third-order valence-corrected chi connectivity index (χ3v) is 4.94. The summed E-state index contributed by atoms with van der Waals surface area (Å²) in [6.45, 7) is 1.23. The Bertz CT molecular complexity index is 932. The molecular formula is C21H20FN3O. The third-order valence-electron chi connectivity index (χ3n) is 4.94. The molecule has 0 saturated carbocycles. The van der Waals surface area contributed by atoms with Crippen LogP contribution in [0.2, 0.25) is 0 Å². The van der Waals surface area contributed by atoms with Crippen LogP contribution in [0.1, 0.15) is 28.2 Å². The second kappa shape index (κ2) is 6.75. The van der Waals surface area contributed by atoms with Crippen LogP contribution in [-0.2, 0) is 24.8 Å². The largest absolute Gasteiger partial charge is 0.337 e. The molecule has 0 N–H and O–H groups in total. The summed E-state index contributed by atoms with van der Waals surface area (Å²) in [6, 6.07) is 14.4. The summed E-state index contributed by atoms with van der Waals surface area (Å²) in [5, 5.41) is 4.29. The van der Waals surface area contributed by atoms with E-state index >= 15 is 0 Å². The molecule has 0 radical (unpaired) electrons. The van der Waals surface area contributed by atoms with Crippen molar-refractivity contribution in [2.24, 2.45) is 7.05 Å². The molecule has 0 spiro atoms. The summed E-state index contributed by atoms with van der Waals surface area (Å²) >= 11 is 0. The van der Waals surface area contributed by atoms with Crippen LogP contribution < -0.4 is 0 Å². The number of carbonyl (C=O) groups is 1. The number of hydrogen-bond acceptors (Lipinski definition) is 2. The molecule has 0 unspecified atom stereocenters. The van der Waals surface area contributed by atoms with Crippen LogP contribution in [0.15, 0.2) is 60.9 Å². The van der Waals surface area contributed by atoms with Gasteiger partial charge in [-0.15, -0.1) is 0 Å². The molecule has 2 aromatic carbocycles. The molecule has 1 aromatic heterocycles. The van der Waals surface area contributed by atoms with E-state index in [0.29, 0.717) is 13.1 Å². The van der Waals surface area contributed by atoms with Gasteiger partial charge in [-0.25, -0.2) is 4.39 Å². The maximum atomic E-state index is 13.1. The first kappa shape index (κ1) is 16.5. The predicted octanol–water partition coefficient (Wildman–Crippen LogP) is 3.28. The first-order valence-electron chi connectivity index (χ1n) is 8.69. The summed E-state index contributed by atoms with van der Waals surface area (Å²) in [4.78, 5) is 14.7. The van der Waals surface area contributed by atoms with Gasteiger partial charge in [0.15, 0.2) is 0 Å². The minimum Gasteiger partial charge on any atom is -0.337 e. The topological polar surface area (TPSA) is 38.1 Å². The number of aryl methyl sites for hydroxylation is 1. The van der Waals surface area contributed by atoms with Gasteiger partial charge in [-0.3, -0.25) is 9.48 Å². The molecule has 4 rings (SSSR count). The van der Waals surface area contributed by atoms with E-state index in [0.717, 1.165) is 11.1 Å². The number of fused-ring (bicyclic) bond motifs is 1. The van der Waals surface area contributed by atoms with Crippen molar-refractivity contribution in [3.63, 3.8) is 0 Å². The third kappa shape index (κ3) is 3.25. The Morgan fingerprint density at radius 3 is 2.69 bits per heavy atom. The van der Waals surface area contributed by atoms with E-state index in [1.54, 1.807) is 16.8 Å². The molecule has 1 amide bonds. The fourth-order valence-corrected chi connectivity index (χ4v) is 3.59. The number of nitrogens with zero attached hydrogens (tertiary/aromatic N) is 3. The molecular weight excluding hydrogens is 329 g/mol. The number of benzene rings is 2. The number of carbonyl (C=O) groups excluding carboxylic acids is 1. The molecule has 26 heavy (non-hydrogen) atoms. The van der Waals surface area contributed by atoms with E-state index in [1.807, 2.05) is 36.5 Å². The smallest absolute Gasteiger partial charge is 0.227 e. The Morgan fingerprint density at radius 1 is 1.19 bits per heavy atom. The zero-order chi connectivity index (χ0) is 18.1. The first-order chi connectivity index (χ1) is 12.6. The van der Waals surface area contributed by atoms with Crippen molar-refractivity contribution >= 4 is 5.91 Å². The highest BCUT2D eigenvalue weighted by Gasteiger charge is 2.29. The Balaban J connectivity index is 1.60. The zero-order valence-corrected chi connectivity index (χ0v) is 14.6. The van der Waals surface area contributed by atoms with Gasteiger partial charge in [-0.1, -0.05) is 36.4 Å². The van der Waals surface area contributed by atoms with Gasteiger partial charge < -0.3 is 4.90 Å². The fraction of sp³-hybridized carbons (Fsp3) is 0.238. The van der Waals surface area contributed by atoms with E-state index in [-0.39, 0.29) is 24.1 Å². The van der Waals surface area contributed by atoms with Gasteiger partial charge in [-0.2, -0.15) is 5.10 Å². The summed E-state index contributed by atoms with van der Waals surface area (Å²) in [5.74, 6) is -0.115. The zero-order valence-electron chi connectivity index (χ0n) is 14.6. The van der Waals surface area contributed by atoms with Crippen LogP contribution >= 0.6 is 0 Å². The van der Waals surface area contributed by atoms with Gasteiger partial charge in [0, 0.05) is 32.3 Å². The van der Waals surface area contributed by atoms with Crippen LogP contribution in [0.4, 0.5) is 4.39 Å². The summed E-state index contributed by atoms with van der Waals surface area (Å²) in [5.41, 5.74) is 4.36. The Hall–Kier alpha value is -2.95. The molecule has 0 saturated heterocycles. The minimum absolute atomic E-state index is 0.0556. The van der Waals surface area contributed by atoms with Gasteiger partial charge in [0.25, 0.3) is 0 Å². The van der Waals surface area contributed by atoms with Crippen molar-refractivity contribution in [1.29, 1.82) is 0 Å². The van der Waals surface area contributed by atoms with Gasteiger partial charge in [-0.05, 0) is 34.4 Å². The van der Waals surface area contributed by atoms with Crippen molar-refractivity contribution in [1.82, 2.24) is 14.7 Å². The molecule has 1 aliphatic heterocycles. The Labute approximate surface area is 151 Å². The van der Waals surface area contributed by atoms with Gasteiger partial charge >= 0.3 is 0 Å². The molecule has 4 nitrogen and oxygen atoms in total. The lowest BCUT2D eigenvalue weighted by Crippen LogP contribution is -2.39. The molecule has 3 aromatic rings. The Kier molecular flexibility index (Phi) is 4.29. The lowest BCUT2D eigenvalue weighted by atomic mass is 9.86. The second-order valence-electron chi connectivity index (χ2n) is 6.78. The molecule has 5 heteroatoms. The minimum atomic E-state index is -0.287. The van der Waals surface area contributed by atoms with Crippen LogP contribution in [0.3, 0.4) is 0 Å². The summed E-state index contributed by atoms with van der Waals surface area (Å²) < 4.78 is 14.9. The highest BCUT2D eigenvalue weighted by molar-refractivity contribution is 5.79. The highest BCUT2D eigenvalue weighted by atomic mass is 19.1. The van der Waals surface area contributed by atoms with Gasteiger partial charge in [0.1, 0.15) is 5.82 Å². The van der Waals surface area contributed by atoms with Crippen LogP contribution in [-0.4, -0.2) is 27.1 Å². The van der Waals surface area contributed by atoms with Crippen LogP contribution in [0.25, 0.3) is 0 Å². The fourth-order valence-electron chi connectivity index (χ4n) is 3.59. The van der Waals surface area contributed by atoms with Crippen molar-refractivity contribution in [3.05, 3.63) is 89.0 Å². The average molecular weight is 349 g/mol. The quantitative estimate of drug-likeness (QED) is 0.728. The van der Waals surface area contributed by atoms with Crippen molar-refractivity contribution in [3.8, 4) is 0 Å². The molecule has 0 fully saturated rings. The summed E-state index contributed by atoms with van der Waals surface area (Å²) in [6.07, 6.45) is 4.16. The van der Waals surface area contributed by atoms with Crippen LogP contribution in [0.5, 0.6) is 0 Å². The van der Waals surface area contributed by atoms with Gasteiger partial charge in [0.05, 0.1) is 12.6 Å². The number of rotatable bonds is 3. The molecule has 2 heterocycles. The maximum Gasteiger partial charge on any atom is 0.227 e. The number of halogens is 1. The predicted molar refractivity (Wildman–Crippen MR) is 97.0 cm³/mol. The monoisotopic (exact) mass is 349 g/mol. The molecule has 0 bridgehead atoms. The number of hydrogen-bond donors (Lipinski definition) is 0. The highest BCUT2D eigenvalue weighted by Crippen LogP contribution is 2.33. The van der Waals surface area contributed by atoms with Crippen molar-refractivity contribution in [2.75, 3.05) is 6.54 Å². The van der Waals surface area contributed by atoms with E-state index in [9.17, 15) is 9.18 Å². The van der Waals surface area contributed by atoms with Crippen LogP contribution in [0, 0.1) is 5.82 Å². The number of amides is 1. The average Bonchev–Trinajstić information content (AvgIpc) is 3.09. The van der Waals surface area contributed by atoms with E-state index in [1.165, 1.54) is 23.3 Å². The maximum absolute atomic E-state index is 13.1. The van der Waals surface area contributed by atoms with Crippen molar-refractivity contribution in [2.45, 2.75) is 18.9 Å². The number of aromatic nitrogens is 2. The Morgan fingerprint density at radius 2 is 1.96 bits per heavy atom. The molecule has 132 valence electrons. The van der Waals surface area contributed by atoms with Gasteiger partial charge in [0.2, 0.25) is 5.91 Å². The second-order valence-corrected chi connectivity index (χ2v) is 6.78. The van der Waals surface area contributed by atoms with E-state index in [4.69, 9.17) is 0 Å². The van der Waals surface area contributed by atoms with Crippen molar-refractivity contribution < 1.29 is 9.18 Å². The first-order valence-corrected chi connectivity index (χ1v) is 8.69. The molecule has 1 aliphatic rings. The lowest BCUT2D eigenvalue weighted by Gasteiger charge is -2.34. The van der Waals surface area contributed by atoms with E-state index < -0.39 is 0 Å². The molecule has 1 atom stereocenters.